The first-order chi connectivity index (χ1) is 8.09. The van der Waals surface area contributed by atoms with Crippen LogP contribution < -0.4 is 5.73 Å². The Morgan fingerprint density at radius 1 is 1.35 bits per heavy atom. The van der Waals surface area contributed by atoms with E-state index in [4.69, 9.17) is 10.5 Å². The van der Waals surface area contributed by atoms with E-state index in [1.54, 1.807) is 24.3 Å². The van der Waals surface area contributed by atoms with Crippen molar-refractivity contribution < 1.29 is 9.53 Å². The quantitative estimate of drug-likeness (QED) is 0.749. The van der Waals surface area contributed by atoms with Crippen LogP contribution in [0, 0.1) is 0 Å². The molecule has 2 unspecified atom stereocenters. The third-order valence-corrected chi connectivity index (χ3v) is 3.30. The van der Waals surface area contributed by atoms with Gasteiger partial charge in [-0.3, -0.25) is 4.79 Å². The first kappa shape index (κ1) is 11.9. The van der Waals surface area contributed by atoms with Gasteiger partial charge in [-0.2, -0.15) is 0 Å². The number of carbonyl (C=O) groups is 1. The topological polar surface area (TPSA) is 55.6 Å². The minimum Gasteiger partial charge on any atom is -0.399 e. The van der Waals surface area contributed by atoms with Gasteiger partial charge in [0.15, 0.2) is 0 Å². The summed E-state index contributed by atoms with van der Waals surface area (Å²) in [5.74, 6) is 0.0488. The van der Waals surface area contributed by atoms with Crippen molar-refractivity contribution in [1.29, 1.82) is 0 Å². The Morgan fingerprint density at radius 3 is 2.65 bits per heavy atom. The molecule has 2 atom stereocenters. The number of carbonyl (C=O) groups excluding carboxylic acids is 1. The lowest BCUT2D eigenvalue weighted by atomic mass is 10.1. The first-order valence-corrected chi connectivity index (χ1v) is 5.87. The minimum absolute atomic E-state index is 0.0488. The van der Waals surface area contributed by atoms with Crippen molar-refractivity contribution in [1.82, 2.24) is 4.90 Å². The van der Waals surface area contributed by atoms with Crippen LogP contribution in [0.1, 0.15) is 24.2 Å². The zero-order valence-corrected chi connectivity index (χ0v) is 10.2. The van der Waals surface area contributed by atoms with Crippen LogP contribution in [0.15, 0.2) is 24.3 Å². The number of anilines is 1. The van der Waals surface area contributed by atoms with Gasteiger partial charge in [-0.1, -0.05) is 0 Å². The highest BCUT2D eigenvalue weighted by Gasteiger charge is 2.29. The molecular weight excluding hydrogens is 216 g/mol. The number of morpholine rings is 1. The van der Waals surface area contributed by atoms with E-state index in [-0.39, 0.29) is 18.1 Å². The van der Waals surface area contributed by atoms with Crippen LogP contribution in [0.4, 0.5) is 5.69 Å². The molecule has 0 aliphatic carbocycles. The Morgan fingerprint density at radius 2 is 2.00 bits per heavy atom. The maximum atomic E-state index is 12.3. The molecule has 0 aromatic heterocycles. The van der Waals surface area contributed by atoms with Crippen molar-refractivity contribution in [3.63, 3.8) is 0 Å². The maximum Gasteiger partial charge on any atom is 0.254 e. The zero-order chi connectivity index (χ0) is 12.4. The van der Waals surface area contributed by atoms with Gasteiger partial charge in [0.2, 0.25) is 0 Å². The van der Waals surface area contributed by atoms with Crippen LogP contribution in [0.25, 0.3) is 0 Å². The maximum absolute atomic E-state index is 12.3. The number of benzene rings is 1. The van der Waals surface area contributed by atoms with E-state index in [2.05, 4.69) is 0 Å². The van der Waals surface area contributed by atoms with Crippen LogP contribution in [-0.2, 0) is 4.74 Å². The van der Waals surface area contributed by atoms with Crippen LogP contribution >= 0.6 is 0 Å². The number of nitrogen functional groups attached to an aromatic ring is 1. The molecule has 1 aliphatic rings. The molecule has 1 aromatic rings. The molecule has 0 saturated carbocycles. The first-order valence-electron chi connectivity index (χ1n) is 5.87. The summed E-state index contributed by atoms with van der Waals surface area (Å²) in [6.07, 6.45) is 0.0847. The third-order valence-electron chi connectivity index (χ3n) is 3.30. The van der Waals surface area contributed by atoms with Gasteiger partial charge in [0.05, 0.1) is 18.8 Å². The summed E-state index contributed by atoms with van der Waals surface area (Å²) < 4.78 is 5.51. The Kier molecular flexibility index (Phi) is 3.33. The molecule has 0 bridgehead atoms. The normalized spacial score (nSPS) is 24.7. The highest BCUT2D eigenvalue weighted by molar-refractivity contribution is 5.94. The van der Waals surface area contributed by atoms with Gasteiger partial charge in [-0.15, -0.1) is 0 Å². The molecule has 0 spiro atoms. The van der Waals surface area contributed by atoms with Gasteiger partial charge < -0.3 is 15.4 Å². The second-order valence-corrected chi connectivity index (χ2v) is 4.44. The summed E-state index contributed by atoms with van der Waals surface area (Å²) >= 11 is 0. The summed E-state index contributed by atoms with van der Waals surface area (Å²) in [6.45, 7) is 5.26. The van der Waals surface area contributed by atoms with Crippen LogP contribution in [0.3, 0.4) is 0 Å². The lowest BCUT2D eigenvalue weighted by Crippen LogP contribution is -2.51. The summed E-state index contributed by atoms with van der Waals surface area (Å²) in [6, 6.07) is 7.15. The van der Waals surface area contributed by atoms with E-state index in [9.17, 15) is 4.79 Å². The van der Waals surface area contributed by atoms with Gasteiger partial charge in [0, 0.05) is 17.8 Å². The lowest BCUT2D eigenvalue weighted by molar-refractivity contribution is -0.0440. The van der Waals surface area contributed by atoms with E-state index < -0.39 is 0 Å². The third kappa shape index (κ3) is 2.42. The van der Waals surface area contributed by atoms with Crippen molar-refractivity contribution >= 4 is 11.6 Å². The highest BCUT2D eigenvalue weighted by atomic mass is 16.5. The summed E-state index contributed by atoms with van der Waals surface area (Å²) in [4.78, 5) is 14.2. The molecular formula is C13H18N2O2. The number of amides is 1. The molecule has 1 heterocycles. The Balaban J connectivity index is 2.16. The Bertz CT molecular complexity index is 402. The van der Waals surface area contributed by atoms with Crippen molar-refractivity contribution in [2.24, 2.45) is 0 Å². The van der Waals surface area contributed by atoms with Gasteiger partial charge >= 0.3 is 0 Å². The van der Waals surface area contributed by atoms with E-state index in [1.165, 1.54) is 0 Å². The fourth-order valence-electron chi connectivity index (χ4n) is 2.01. The number of hydrogen-bond donors (Lipinski definition) is 1. The molecule has 2 rings (SSSR count). The van der Waals surface area contributed by atoms with Crippen molar-refractivity contribution in [2.45, 2.75) is 26.0 Å². The zero-order valence-electron chi connectivity index (χ0n) is 10.2. The van der Waals surface area contributed by atoms with Gasteiger partial charge in [-0.25, -0.2) is 0 Å². The molecule has 1 saturated heterocycles. The molecule has 1 fully saturated rings. The van der Waals surface area contributed by atoms with Crippen LogP contribution in [0.2, 0.25) is 0 Å². The van der Waals surface area contributed by atoms with Gasteiger partial charge in [0.1, 0.15) is 0 Å². The number of nitrogens with zero attached hydrogens (tertiary/aromatic N) is 1. The number of nitrogens with two attached hydrogens (primary N) is 1. The van der Waals surface area contributed by atoms with E-state index in [0.717, 1.165) is 0 Å². The molecule has 4 nitrogen and oxygen atoms in total. The molecule has 4 heteroatoms. The Hall–Kier alpha value is -1.55. The molecule has 92 valence electrons. The number of hydrogen-bond acceptors (Lipinski definition) is 3. The summed E-state index contributed by atoms with van der Waals surface area (Å²) in [7, 11) is 0. The second-order valence-electron chi connectivity index (χ2n) is 4.44. The van der Waals surface area contributed by atoms with Crippen LogP contribution in [-0.4, -0.2) is 36.1 Å². The Labute approximate surface area is 101 Å². The van der Waals surface area contributed by atoms with E-state index in [1.807, 2.05) is 18.7 Å². The molecule has 17 heavy (non-hydrogen) atoms. The summed E-state index contributed by atoms with van der Waals surface area (Å²) in [5, 5.41) is 0. The predicted octanol–water partition coefficient (Wildman–Crippen LogP) is 1.52. The van der Waals surface area contributed by atoms with Gasteiger partial charge in [0.25, 0.3) is 5.91 Å². The fourth-order valence-corrected chi connectivity index (χ4v) is 2.01. The number of ether oxygens (including phenoxy) is 1. The molecule has 2 N–H and O–H groups in total. The predicted molar refractivity (Wildman–Crippen MR) is 66.8 cm³/mol. The SMILES string of the molecule is CC1OCCN(C(=O)c2ccc(N)cc2)C1C. The summed E-state index contributed by atoms with van der Waals surface area (Å²) in [5.41, 5.74) is 6.96. The average molecular weight is 234 g/mol. The number of rotatable bonds is 1. The van der Waals surface area contributed by atoms with Crippen molar-refractivity contribution in [3.05, 3.63) is 29.8 Å². The minimum atomic E-state index is 0.0488. The molecule has 1 amide bonds. The van der Waals surface area contributed by atoms with Crippen molar-refractivity contribution in [3.8, 4) is 0 Å². The fraction of sp³-hybridized carbons (Fsp3) is 0.462. The smallest absolute Gasteiger partial charge is 0.254 e. The second kappa shape index (κ2) is 4.75. The largest absolute Gasteiger partial charge is 0.399 e. The monoisotopic (exact) mass is 234 g/mol. The average Bonchev–Trinajstić information content (AvgIpc) is 2.33. The van der Waals surface area contributed by atoms with E-state index >= 15 is 0 Å². The molecule has 0 radical (unpaired) electrons. The lowest BCUT2D eigenvalue weighted by Gasteiger charge is -2.37. The van der Waals surface area contributed by atoms with E-state index in [0.29, 0.717) is 24.4 Å². The standard InChI is InChI=1S/C13H18N2O2/c1-9-10(2)17-8-7-15(9)13(16)11-3-5-12(14)6-4-11/h3-6,9-10H,7-8,14H2,1-2H3. The highest BCUT2D eigenvalue weighted by Crippen LogP contribution is 2.17. The molecule has 1 aliphatic heterocycles. The van der Waals surface area contributed by atoms with Crippen LogP contribution in [0.5, 0.6) is 0 Å². The molecule has 1 aromatic carbocycles. The van der Waals surface area contributed by atoms with Crippen molar-refractivity contribution in [2.75, 3.05) is 18.9 Å². The van der Waals surface area contributed by atoms with Gasteiger partial charge in [-0.05, 0) is 38.1 Å².